The number of phosphoric acid groups is 2. The summed E-state index contributed by atoms with van der Waals surface area (Å²) in [4.78, 5) is 8.57. The molecule has 0 saturated carbocycles. The van der Waals surface area contributed by atoms with Gasteiger partial charge in [0.05, 0.1) is 26.4 Å². The molecule has 0 rings (SSSR count). The van der Waals surface area contributed by atoms with Gasteiger partial charge in [-0.25, -0.2) is 13.9 Å². The minimum Gasteiger partial charge on any atom is -0.290 e. The summed E-state index contributed by atoms with van der Waals surface area (Å²) >= 11 is 10.8. The summed E-state index contributed by atoms with van der Waals surface area (Å²) in [5, 5.41) is 0. The molecule has 0 radical (unpaired) electrons. The molecule has 138 valence electrons. The molecule has 13 heteroatoms. The molecule has 2 unspecified atom stereocenters. The van der Waals surface area contributed by atoms with Crippen LogP contribution in [0.1, 0.15) is 0 Å². The standard InChI is InChI=1S/C8H18Cl2O8P2.C2H2O/c1-13-19(11,15-5-3-9)17-7-8-18-20(12,14-2)16-6-4-10;1-2-3/h3-8H2,1-2H3;1H2. The summed E-state index contributed by atoms with van der Waals surface area (Å²) in [7, 11) is -5.04. The van der Waals surface area contributed by atoms with Crippen LogP contribution in [0, 0.1) is 0 Å². The Morgan fingerprint density at radius 2 is 1.09 bits per heavy atom. The second kappa shape index (κ2) is 15.8. The Morgan fingerprint density at radius 1 is 0.826 bits per heavy atom. The van der Waals surface area contributed by atoms with Gasteiger partial charge in [0.2, 0.25) is 0 Å². The van der Waals surface area contributed by atoms with Crippen molar-refractivity contribution in [2.24, 2.45) is 0 Å². The zero-order chi connectivity index (χ0) is 18.2. The van der Waals surface area contributed by atoms with Crippen LogP contribution < -0.4 is 0 Å². The highest BCUT2D eigenvalue weighted by molar-refractivity contribution is 7.48. The van der Waals surface area contributed by atoms with Crippen molar-refractivity contribution in [1.29, 1.82) is 0 Å². The predicted molar refractivity (Wildman–Crippen MR) is 85.8 cm³/mol. The van der Waals surface area contributed by atoms with E-state index in [0.717, 1.165) is 0 Å². The third-order valence-electron chi connectivity index (χ3n) is 1.68. The van der Waals surface area contributed by atoms with Crippen LogP contribution in [0.5, 0.6) is 0 Å². The number of alkyl halides is 2. The van der Waals surface area contributed by atoms with Crippen LogP contribution in [0.2, 0.25) is 0 Å². The van der Waals surface area contributed by atoms with E-state index in [1.807, 2.05) is 0 Å². The lowest BCUT2D eigenvalue weighted by atomic mass is 10.8. The van der Waals surface area contributed by atoms with Crippen LogP contribution in [-0.4, -0.2) is 58.3 Å². The molecule has 0 spiro atoms. The molecular formula is C10H20Cl2O9P2. The average molecular weight is 417 g/mol. The molecule has 0 aliphatic carbocycles. The number of halogens is 2. The summed E-state index contributed by atoms with van der Waals surface area (Å²) in [6.07, 6.45) is 0. The zero-order valence-corrected chi connectivity index (χ0v) is 16.1. The summed E-state index contributed by atoms with van der Waals surface area (Å²) in [6.45, 7) is 2.28. The molecule has 2 atom stereocenters. The fourth-order valence-corrected chi connectivity index (χ4v) is 3.04. The van der Waals surface area contributed by atoms with Crippen LogP contribution in [0.3, 0.4) is 0 Å². The summed E-state index contributed by atoms with van der Waals surface area (Å²) in [5.41, 5.74) is 0. The van der Waals surface area contributed by atoms with E-state index in [9.17, 15) is 9.13 Å². The van der Waals surface area contributed by atoms with E-state index in [2.05, 4.69) is 15.6 Å². The van der Waals surface area contributed by atoms with Crippen molar-refractivity contribution in [3.63, 3.8) is 0 Å². The van der Waals surface area contributed by atoms with Gasteiger partial charge in [0.25, 0.3) is 0 Å². The number of carbonyl (C=O) groups excluding carboxylic acids is 1. The normalized spacial score (nSPS) is 15.7. The minimum absolute atomic E-state index is 0.00290. The first-order valence-corrected chi connectivity index (χ1v) is 10.0. The molecule has 9 nitrogen and oxygen atoms in total. The highest BCUT2D eigenvalue weighted by Crippen LogP contribution is 2.50. The Bertz CT molecular complexity index is 383. The molecule has 0 aliphatic heterocycles. The van der Waals surface area contributed by atoms with E-state index in [1.165, 1.54) is 20.2 Å². The van der Waals surface area contributed by atoms with Crippen LogP contribution in [0.4, 0.5) is 0 Å². The van der Waals surface area contributed by atoms with Crippen molar-refractivity contribution in [2.75, 3.05) is 52.4 Å². The van der Waals surface area contributed by atoms with E-state index in [-0.39, 0.29) is 38.2 Å². The summed E-state index contributed by atoms with van der Waals surface area (Å²) in [5.74, 6) is 1.52. The molecule has 0 bridgehead atoms. The van der Waals surface area contributed by atoms with E-state index < -0.39 is 15.6 Å². The molecule has 0 fully saturated rings. The Morgan fingerprint density at radius 3 is 1.30 bits per heavy atom. The predicted octanol–water partition coefficient (Wildman–Crippen LogP) is 3.04. The van der Waals surface area contributed by atoms with E-state index in [4.69, 9.17) is 46.1 Å². The van der Waals surface area contributed by atoms with Crippen molar-refractivity contribution in [3.8, 4) is 0 Å². The lowest BCUT2D eigenvalue weighted by molar-refractivity contribution is 0.0922. The second-order valence-corrected chi connectivity index (χ2v) is 7.42. The number of rotatable bonds is 13. The molecule has 0 N–H and O–H groups in total. The molecular weight excluding hydrogens is 397 g/mol. The first-order valence-electron chi connectivity index (χ1n) is 6.02. The van der Waals surface area contributed by atoms with Gasteiger partial charge in [-0.15, -0.1) is 23.2 Å². The third-order valence-corrected chi connectivity index (χ3v) is 4.88. The Labute approximate surface area is 145 Å². The van der Waals surface area contributed by atoms with Gasteiger partial charge >= 0.3 is 15.6 Å². The fraction of sp³-hybridized carbons (Fsp3) is 0.800. The van der Waals surface area contributed by atoms with E-state index in [0.29, 0.717) is 0 Å². The molecule has 0 heterocycles. The van der Waals surface area contributed by atoms with Crippen LogP contribution in [-0.2, 0) is 41.1 Å². The number of phosphoric ester groups is 2. The van der Waals surface area contributed by atoms with Gasteiger partial charge in [-0.3, -0.25) is 27.1 Å². The summed E-state index contributed by atoms with van der Waals surface area (Å²) < 4.78 is 52.2. The molecule has 0 aliphatic rings. The van der Waals surface area contributed by atoms with Crippen molar-refractivity contribution in [1.82, 2.24) is 0 Å². The van der Waals surface area contributed by atoms with Gasteiger partial charge in [0.1, 0.15) is 5.94 Å². The fourth-order valence-electron chi connectivity index (χ4n) is 0.876. The van der Waals surface area contributed by atoms with Crippen molar-refractivity contribution in [3.05, 3.63) is 6.58 Å². The monoisotopic (exact) mass is 416 g/mol. The maximum absolute atomic E-state index is 11.8. The first-order chi connectivity index (χ1) is 10.9. The first kappa shape index (κ1) is 25.5. The molecule has 0 aromatic heterocycles. The number of hydrogen-bond donors (Lipinski definition) is 0. The largest absolute Gasteiger partial charge is 0.474 e. The molecule has 0 saturated heterocycles. The Kier molecular flexibility index (Phi) is 17.5. The highest BCUT2D eigenvalue weighted by Gasteiger charge is 2.27. The molecule has 0 aromatic rings. The Hall–Kier alpha value is 0.250. The van der Waals surface area contributed by atoms with Gasteiger partial charge in [-0.05, 0) is 6.58 Å². The molecule has 23 heavy (non-hydrogen) atoms. The van der Waals surface area contributed by atoms with Gasteiger partial charge in [-0.2, -0.15) is 0 Å². The van der Waals surface area contributed by atoms with Crippen LogP contribution >= 0.6 is 38.8 Å². The minimum atomic E-state index is -3.69. The lowest BCUT2D eigenvalue weighted by Gasteiger charge is -2.17. The lowest BCUT2D eigenvalue weighted by Crippen LogP contribution is -2.08. The smallest absolute Gasteiger partial charge is 0.290 e. The van der Waals surface area contributed by atoms with Crippen LogP contribution in [0.25, 0.3) is 0 Å². The van der Waals surface area contributed by atoms with E-state index in [1.54, 1.807) is 0 Å². The second-order valence-electron chi connectivity index (χ2n) is 3.11. The number of hydrogen-bond acceptors (Lipinski definition) is 9. The van der Waals surface area contributed by atoms with Gasteiger partial charge in [0.15, 0.2) is 0 Å². The average Bonchev–Trinajstić information content (AvgIpc) is 2.56. The quantitative estimate of drug-likeness (QED) is 0.193. The molecule has 0 amide bonds. The van der Waals surface area contributed by atoms with Crippen molar-refractivity contribution >= 4 is 44.8 Å². The third kappa shape index (κ3) is 14.3. The Balaban J connectivity index is 0. The molecule has 0 aromatic carbocycles. The summed E-state index contributed by atoms with van der Waals surface area (Å²) in [6, 6.07) is 0. The SMILES string of the molecule is C=C=O.COP(=O)(OCCCl)OCCOP(=O)(OC)OCCCl. The van der Waals surface area contributed by atoms with Crippen molar-refractivity contribution in [2.45, 2.75) is 0 Å². The van der Waals surface area contributed by atoms with Crippen LogP contribution in [0.15, 0.2) is 6.58 Å². The van der Waals surface area contributed by atoms with E-state index >= 15 is 0 Å². The maximum atomic E-state index is 11.8. The van der Waals surface area contributed by atoms with Gasteiger partial charge in [-0.1, -0.05) is 0 Å². The topological polar surface area (TPSA) is 107 Å². The van der Waals surface area contributed by atoms with Gasteiger partial charge in [0, 0.05) is 26.0 Å². The van der Waals surface area contributed by atoms with Crippen molar-refractivity contribution < 1.29 is 41.1 Å². The highest BCUT2D eigenvalue weighted by atomic mass is 35.5. The zero-order valence-electron chi connectivity index (χ0n) is 12.8. The van der Waals surface area contributed by atoms with Gasteiger partial charge < -0.3 is 0 Å². The maximum Gasteiger partial charge on any atom is 0.474 e.